The number of rotatable bonds is 4. The molecule has 0 fully saturated rings. The van der Waals surface area contributed by atoms with Gasteiger partial charge in [-0.05, 0) is 31.5 Å². The summed E-state index contributed by atoms with van der Waals surface area (Å²) in [4.78, 5) is 10.5. The summed E-state index contributed by atoms with van der Waals surface area (Å²) in [6.45, 7) is 3.88. The van der Waals surface area contributed by atoms with Crippen LogP contribution in [0.3, 0.4) is 0 Å². The van der Waals surface area contributed by atoms with Crippen molar-refractivity contribution in [2.24, 2.45) is 0 Å². The molecule has 0 unspecified atom stereocenters. The molecule has 0 aromatic heterocycles. The van der Waals surface area contributed by atoms with Gasteiger partial charge in [-0.3, -0.25) is 0 Å². The van der Waals surface area contributed by atoms with Gasteiger partial charge in [0.1, 0.15) is 18.0 Å². The van der Waals surface area contributed by atoms with Crippen molar-refractivity contribution in [1.82, 2.24) is 0 Å². The topological polar surface area (TPSA) is 50.1 Å². The van der Waals surface area contributed by atoms with Gasteiger partial charge >= 0.3 is 0 Å². The van der Waals surface area contributed by atoms with E-state index in [-0.39, 0.29) is 6.10 Å². The lowest BCUT2D eigenvalue weighted by Gasteiger charge is -2.10. The lowest BCUT2D eigenvalue weighted by atomic mass is 10.0. The van der Waals surface area contributed by atoms with Crippen molar-refractivity contribution in [3.8, 4) is 11.8 Å². The third-order valence-electron chi connectivity index (χ3n) is 1.89. The van der Waals surface area contributed by atoms with E-state index in [1.807, 2.05) is 19.9 Å². The van der Waals surface area contributed by atoms with E-state index >= 15 is 0 Å². The Morgan fingerprint density at radius 1 is 1.33 bits per heavy atom. The maximum Gasteiger partial charge on any atom is 0.141 e. The van der Waals surface area contributed by atoms with E-state index in [2.05, 4.69) is 0 Å². The number of carbonyl (C=O) groups excluding carboxylic acids is 1. The van der Waals surface area contributed by atoms with E-state index in [1.54, 1.807) is 24.3 Å². The highest BCUT2D eigenvalue weighted by Gasteiger charge is 2.08. The Bertz CT molecular complexity index is 362. The smallest absolute Gasteiger partial charge is 0.141 e. The largest absolute Gasteiger partial charge is 0.491 e. The van der Waals surface area contributed by atoms with Crippen molar-refractivity contribution in [1.29, 1.82) is 5.26 Å². The van der Waals surface area contributed by atoms with Crippen molar-refractivity contribution in [3.05, 3.63) is 29.8 Å². The maximum absolute atomic E-state index is 10.5. The molecule has 0 heterocycles. The molecule has 0 saturated carbocycles. The summed E-state index contributed by atoms with van der Waals surface area (Å²) in [5.41, 5.74) is 0.698. The van der Waals surface area contributed by atoms with Crippen LogP contribution in [0.5, 0.6) is 5.75 Å². The first-order valence-electron chi connectivity index (χ1n) is 4.79. The molecule has 78 valence electrons. The fourth-order valence-electron chi connectivity index (χ4n) is 1.21. The molecular weight excluding hydrogens is 190 g/mol. The number of hydrogen-bond acceptors (Lipinski definition) is 3. The summed E-state index contributed by atoms with van der Waals surface area (Å²) in [6.07, 6.45) is 0.756. The highest BCUT2D eigenvalue weighted by molar-refractivity contribution is 5.66. The lowest BCUT2D eigenvalue weighted by Crippen LogP contribution is -2.05. The molecular formula is C12H13NO2. The van der Waals surface area contributed by atoms with Crippen LogP contribution in [0.1, 0.15) is 25.3 Å². The van der Waals surface area contributed by atoms with Crippen molar-refractivity contribution in [3.63, 3.8) is 0 Å². The first kappa shape index (κ1) is 11.3. The fourth-order valence-corrected chi connectivity index (χ4v) is 1.21. The van der Waals surface area contributed by atoms with E-state index in [1.165, 1.54) is 0 Å². The second kappa shape index (κ2) is 5.16. The molecule has 0 radical (unpaired) electrons. The molecule has 3 nitrogen and oxygen atoms in total. The van der Waals surface area contributed by atoms with E-state index in [0.717, 1.165) is 5.75 Å². The van der Waals surface area contributed by atoms with Crippen LogP contribution < -0.4 is 4.74 Å². The number of benzene rings is 1. The van der Waals surface area contributed by atoms with E-state index in [0.29, 0.717) is 11.8 Å². The minimum atomic E-state index is -0.682. The zero-order valence-electron chi connectivity index (χ0n) is 8.81. The summed E-state index contributed by atoms with van der Waals surface area (Å²) in [7, 11) is 0. The normalized spacial score (nSPS) is 11.9. The second-order valence-electron chi connectivity index (χ2n) is 3.48. The van der Waals surface area contributed by atoms with E-state index in [4.69, 9.17) is 10.00 Å². The summed E-state index contributed by atoms with van der Waals surface area (Å²) in [5, 5.41) is 8.68. The van der Waals surface area contributed by atoms with Gasteiger partial charge in [-0.1, -0.05) is 12.1 Å². The molecule has 1 aromatic rings. The van der Waals surface area contributed by atoms with Crippen LogP contribution in [-0.4, -0.2) is 12.4 Å². The van der Waals surface area contributed by atoms with Gasteiger partial charge in [-0.2, -0.15) is 5.26 Å². The number of carbonyl (C=O) groups is 1. The first-order chi connectivity index (χ1) is 7.17. The van der Waals surface area contributed by atoms with Gasteiger partial charge in [0.05, 0.1) is 12.2 Å². The summed E-state index contributed by atoms with van der Waals surface area (Å²) >= 11 is 0. The Morgan fingerprint density at radius 3 is 2.33 bits per heavy atom. The molecule has 0 aliphatic rings. The Kier molecular flexibility index (Phi) is 3.87. The van der Waals surface area contributed by atoms with Crippen molar-refractivity contribution in [2.45, 2.75) is 25.9 Å². The quantitative estimate of drug-likeness (QED) is 0.705. The number of ether oxygens (including phenoxy) is 1. The molecule has 0 N–H and O–H groups in total. The molecule has 1 rings (SSSR count). The molecule has 0 amide bonds. The van der Waals surface area contributed by atoms with E-state index < -0.39 is 5.92 Å². The average molecular weight is 203 g/mol. The number of nitriles is 1. The van der Waals surface area contributed by atoms with Crippen LogP contribution in [0.2, 0.25) is 0 Å². The number of aldehydes is 1. The molecule has 1 atom stereocenters. The third-order valence-corrected chi connectivity index (χ3v) is 1.89. The Labute approximate surface area is 89.3 Å². The van der Waals surface area contributed by atoms with Crippen LogP contribution in [-0.2, 0) is 4.79 Å². The van der Waals surface area contributed by atoms with Crippen LogP contribution in [0.15, 0.2) is 24.3 Å². The molecule has 0 aliphatic carbocycles. The van der Waals surface area contributed by atoms with Crippen LogP contribution in [0, 0.1) is 11.3 Å². The summed E-state index contributed by atoms with van der Waals surface area (Å²) in [6, 6.07) is 8.93. The van der Waals surface area contributed by atoms with Crippen molar-refractivity contribution in [2.75, 3.05) is 0 Å². The van der Waals surface area contributed by atoms with Crippen molar-refractivity contribution >= 4 is 6.29 Å². The Balaban J connectivity index is 2.81. The molecule has 0 saturated heterocycles. The SMILES string of the molecule is CC(C)Oc1ccc([C@@H](C#N)C=O)cc1. The highest BCUT2D eigenvalue weighted by atomic mass is 16.5. The van der Waals surface area contributed by atoms with Gasteiger partial charge in [-0.15, -0.1) is 0 Å². The molecule has 0 bridgehead atoms. The average Bonchev–Trinajstić information content (AvgIpc) is 2.21. The van der Waals surface area contributed by atoms with Crippen LogP contribution in [0.4, 0.5) is 0 Å². The monoisotopic (exact) mass is 203 g/mol. The lowest BCUT2D eigenvalue weighted by molar-refractivity contribution is -0.108. The van der Waals surface area contributed by atoms with E-state index in [9.17, 15) is 4.79 Å². The Hall–Kier alpha value is -1.82. The summed E-state index contributed by atoms with van der Waals surface area (Å²) in [5.74, 6) is 0.0643. The highest BCUT2D eigenvalue weighted by Crippen LogP contribution is 2.18. The molecule has 3 heteroatoms. The fraction of sp³-hybridized carbons (Fsp3) is 0.333. The van der Waals surface area contributed by atoms with Crippen molar-refractivity contribution < 1.29 is 9.53 Å². The minimum Gasteiger partial charge on any atom is -0.491 e. The molecule has 1 aromatic carbocycles. The molecule has 15 heavy (non-hydrogen) atoms. The van der Waals surface area contributed by atoms with Gasteiger partial charge in [-0.25, -0.2) is 0 Å². The minimum absolute atomic E-state index is 0.119. The molecule has 0 spiro atoms. The zero-order valence-corrected chi connectivity index (χ0v) is 8.81. The van der Waals surface area contributed by atoms with Crippen LogP contribution >= 0.6 is 0 Å². The maximum atomic E-state index is 10.5. The number of nitrogens with zero attached hydrogens (tertiary/aromatic N) is 1. The Morgan fingerprint density at radius 2 is 1.93 bits per heavy atom. The van der Waals surface area contributed by atoms with Crippen LogP contribution in [0.25, 0.3) is 0 Å². The molecule has 0 aliphatic heterocycles. The predicted molar refractivity (Wildman–Crippen MR) is 56.6 cm³/mol. The van der Waals surface area contributed by atoms with Gasteiger partial charge < -0.3 is 9.53 Å². The van der Waals surface area contributed by atoms with Gasteiger partial charge in [0.25, 0.3) is 0 Å². The van der Waals surface area contributed by atoms with Gasteiger partial charge in [0.2, 0.25) is 0 Å². The number of hydrogen-bond donors (Lipinski definition) is 0. The third kappa shape index (κ3) is 3.10. The first-order valence-corrected chi connectivity index (χ1v) is 4.79. The zero-order chi connectivity index (χ0) is 11.3. The van der Waals surface area contributed by atoms with Gasteiger partial charge in [0.15, 0.2) is 0 Å². The standard InChI is InChI=1S/C12H13NO2/c1-9(2)15-12-5-3-10(4-6-12)11(7-13)8-14/h3-6,8-9,11H,1-2H3/t11-/m0/s1. The predicted octanol–water partition coefficient (Wildman–Crippen LogP) is 2.28. The second-order valence-corrected chi connectivity index (χ2v) is 3.48. The van der Waals surface area contributed by atoms with Gasteiger partial charge in [0, 0.05) is 0 Å². The summed E-state index contributed by atoms with van der Waals surface area (Å²) < 4.78 is 5.44.